The summed E-state index contributed by atoms with van der Waals surface area (Å²) in [4.78, 5) is 0. The molecule has 1 heteroatoms. The average Bonchev–Trinajstić information content (AvgIpc) is 3.26. The molecule has 0 atom stereocenters. The van der Waals surface area contributed by atoms with E-state index in [1.54, 1.807) is 0 Å². The first-order valence-corrected chi connectivity index (χ1v) is 28.3. The Morgan fingerprint density at radius 2 is 0.390 bits per heavy atom. The zero-order chi connectivity index (χ0) is 42.3. The highest BCUT2D eigenvalue weighted by atomic mass is 15.0. The zero-order valence-electron chi connectivity index (χ0n) is 41.5. The van der Waals surface area contributed by atoms with E-state index in [1.807, 2.05) is 0 Å². The predicted molar refractivity (Wildman–Crippen MR) is 268 cm³/mol. The van der Waals surface area contributed by atoms with E-state index in [0.29, 0.717) is 5.54 Å². The molecule has 0 unspecified atom stereocenters. The maximum Gasteiger partial charge on any atom is 0.169 e. The van der Waals surface area contributed by atoms with Gasteiger partial charge in [-0.15, -0.1) is 0 Å². The number of hydrogen-bond donors (Lipinski definition) is 0. The van der Waals surface area contributed by atoms with Crippen molar-refractivity contribution >= 4 is 0 Å². The molecule has 0 radical (unpaired) electrons. The summed E-state index contributed by atoms with van der Waals surface area (Å²) in [7, 11) is 0. The van der Waals surface area contributed by atoms with E-state index >= 15 is 0 Å². The summed E-state index contributed by atoms with van der Waals surface area (Å²) >= 11 is 0. The lowest BCUT2D eigenvalue weighted by atomic mass is 9.81. The van der Waals surface area contributed by atoms with E-state index in [0.717, 1.165) is 0 Å². The minimum atomic E-state index is 0.324. The molecule has 0 aliphatic rings. The second-order valence-electron chi connectivity index (χ2n) is 20.0. The quantitative estimate of drug-likeness (QED) is 0.0455. The smallest absolute Gasteiger partial charge is 0.169 e. The third kappa shape index (κ3) is 37.4. The first-order valence-electron chi connectivity index (χ1n) is 28.3. The van der Waals surface area contributed by atoms with E-state index in [-0.39, 0.29) is 0 Å². The van der Waals surface area contributed by atoms with Gasteiger partial charge >= 0.3 is 0 Å². The van der Waals surface area contributed by atoms with Crippen LogP contribution in [0.1, 0.15) is 335 Å². The zero-order valence-corrected chi connectivity index (χ0v) is 41.5. The molecule has 59 heavy (non-hydrogen) atoms. The largest absolute Gasteiger partial charge is 0.200 e. The fourth-order valence-corrected chi connectivity index (χ4v) is 10.1. The summed E-state index contributed by atoms with van der Waals surface area (Å²) in [6, 6.07) is 6.85. The molecule has 0 spiro atoms. The van der Waals surface area contributed by atoms with Gasteiger partial charge in [0.15, 0.2) is 17.9 Å². The third-order valence-electron chi connectivity index (χ3n) is 14.3. The highest BCUT2D eigenvalue weighted by molar-refractivity contribution is 4.86. The van der Waals surface area contributed by atoms with E-state index in [9.17, 15) is 0 Å². The van der Waals surface area contributed by atoms with Crippen LogP contribution in [-0.2, 0) is 5.54 Å². The van der Waals surface area contributed by atoms with E-state index < -0.39 is 0 Å². The van der Waals surface area contributed by atoms with Crippen LogP contribution >= 0.6 is 0 Å². The second kappa shape index (κ2) is 46.6. The number of hydrogen-bond acceptors (Lipinski definition) is 0. The van der Waals surface area contributed by atoms with Crippen molar-refractivity contribution in [1.82, 2.24) is 0 Å². The topological polar surface area (TPSA) is 3.88 Å². The molecule has 0 aliphatic carbocycles. The summed E-state index contributed by atoms with van der Waals surface area (Å²) < 4.78 is 2.70. The molecule has 1 nitrogen and oxygen atoms in total. The molecule has 0 amide bonds. The summed E-state index contributed by atoms with van der Waals surface area (Å²) in [6.45, 7) is 6.96. The highest BCUT2D eigenvalue weighted by Crippen LogP contribution is 2.32. The van der Waals surface area contributed by atoms with Crippen molar-refractivity contribution in [3.8, 4) is 0 Å². The van der Waals surface area contributed by atoms with Crippen LogP contribution in [0.4, 0.5) is 0 Å². The fraction of sp³-hybridized carbons (Fsp3) is 0.914. The number of pyridine rings is 1. The van der Waals surface area contributed by atoms with E-state index in [1.165, 1.54) is 315 Å². The Labute approximate surface area is 374 Å². The third-order valence-corrected chi connectivity index (χ3v) is 14.3. The van der Waals surface area contributed by atoms with Gasteiger partial charge in [0.1, 0.15) is 0 Å². The summed E-state index contributed by atoms with van der Waals surface area (Å²) in [5.41, 5.74) is 0.324. The SMILES string of the molecule is CCCCCCCCCCCCCCCCCCC(CCCCCCCCCCCCCCCC)(CCCCCCCCCCCCCCCCCC)[n+]1ccccc1. The number of rotatable bonds is 50. The number of unbranched alkanes of at least 4 members (excludes halogenated alkanes) is 43. The van der Waals surface area contributed by atoms with Crippen LogP contribution in [0.2, 0.25) is 0 Å². The molecule has 0 aromatic carbocycles. The number of nitrogens with zero attached hydrogens (tertiary/aromatic N) is 1. The molecule has 0 saturated carbocycles. The second-order valence-corrected chi connectivity index (χ2v) is 20.0. The minimum absolute atomic E-state index is 0.324. The molecule has 1 heterocycles. The molecule has 1 aromatic heterocycles. The van der Waals surface area contributed by atoms with Gasteiger partial charge in [-0.1, -0.05) is 303 Å². The molecule has 0 N–H and O–H groups in total. The van der Waals surface area contributed by atoms with E-state index in [4.69, 9.17) is 0 Å². The Morgan fingerprint density at radius 3 is 0.576 bits per heavy atom. The van der Waals surface area contributed by atoms with Crippen LogP contribution in [0.3, 0.4) is 0 Å². The van der Waals surface area contributed by atoms with E-state index in [2.05, 4.69) is 55.9 Å². The van der Waals surface area contributed by atoms with Crippen molar-refractivity contribution in [1.29, 1.82) is 0 Å². The Bertz CT molecular complexity index is 856. The van der Waals surface area contributed by atoms with Crippen molar-refractivity contribution in [2.24, 2.45) is 0 Å². The van der Waals surface area contributed by atoms with Crippen molar-refractivity contribution in [3.63, 3.8) is 0 Å². The van der Waals surface area contributed by atoms with Crippen molar-refractivity contribution in [2.75, 3.05) is 0 Å². The lowest BCUT2D eigenvalue weighted by Crippen LogP contribution is -2.55. The standard InChI is InChI=1S/C58H112N/c1-4-7-10-13-16-19-22-25-28-30-33-36-39-42-45-49-54-58(59-56-51-47-52-57-59,53-48-44-41-38-35-32-27-24-21-18-15-12-9-6-3)55-50-46-43-40-37-34-31-29-26-23-20-17-14-11-8-5-2/h47,51-52,56-57H,4-46,48-50,53-55H2,1-3H3/q+1. The van der Waals surface area contributed by atoms with Gasteiger partial charge in [0.25, 0.3) is 0 Å². The van der Waals surface area contributed by atoms with Crippen LogP contribution in [-0.4, -0.2) is 0 Å². The first kappa shape index (κ1) is 56.2. The number of aromatic nitrogens is 1. The monoisotopic (exact) mass is 823 g/mol. The van der Waals surface area contributed by atoms with Gasteiger partial charge in [-0.2, -0.15) is 4.57 Å². The van der Waals surface area contributed by atoms with Gasteiger partial charge in [-0.05, 0) is 19.3 Å². The normalized spacial score (nSPS) is 11.9. The molecule has 0 bridgehead atoms. The molecule has 0 saturated heterocycles. The maximum atomic E-state index is 2.70. The molecule has 1 aromatic rings. The minimum Gasteiger partial charge on any atom is -0.200 e. The van der Waals surface area contributed by atoms with Gasteiger partial charge in [0, 0.05) is 31.4 Å². The predicted octanol–water partition coefficient (Wildman–Crippen LogP) is 20.8. The molecule has 0 aliphatic heterocycles. The van der Waals surface area contributed by atoms with Gasteiger partial charge in [-0.3, -0.25) is 0 Å². The molecular weight excluding hydrogens is 711 g/mol. The summed E-state index contributed by atoms with van der Waals surface area (Å²) in [5, 5.41) is 0. The Hall–Kier alpha value is -0.850. The van der Waals surface area contributed by atoms with Crippen LogP contribution in [0.15, 0.2) is 30.6 Å². The van der Waals surface area contributed by atoms with Gasteiger partial charge in [-0.25, -0.2) is 0 Å². The van der Waals surface area contributed by atoms with Crippen LogP contribution in [0, 0.1) is 0 Å². The van der Waals surface area contributed by atoms with Crippen molar-refractivity contribution < 1.29 is 4.57 Å². The lowest BCUT2D eigenvalue weighted by molar-refractivity contribution is -0.768. The van der Waals surface area contributed by atoms with Crippen molar-refractivity contribution in [3.05, 3.63) is 30.6 Å². The van der Waals surface area contributed by atoms with Crippen LogP contribution < -0.4 is 4.57 Å². The molecule has 348 valence electrons. The van der Waals surface area contributed by atoms with Crippen molar-refractivity contribution in [2.45, 2.75) is 341 Å². The van der Waals surface area contributed by atoms with Gasteiger partial charge in [0.05, 0.1) is 0 Å². The van der Waals surface area contributed by atoms with Crippen LogP contribution in [0.5, 0.6) is 0 Å². The molecular formula is C58H112N+. The van der Waals surface area contributed by atoms with Gasteiger partial charge < -0.3 is 0 Å². The summed E-state index contributed by atoms with van der Waals surface area (Å²) in [5.74, 6) is 0. The molecule has 1 rings (SSSR count). The summed E-state index contributed by atoms with van der Waals surface area (Å²) in [6.07, 6.45) is 75.9. The Kier molecular flexibility index (Phi) is 44.4. The maximum absolute atomic E-state index is 2.70. The molecule has 0 fully saturated rings. The Balaban J connectivity index is 2.43. The first-order chi connectivity index (χ1) is 29.3. The Morgan fingerprint density at radius 1 is 0.220 bits per heavy atom. The average molecular weight is 824 g/mol. The van der Waals surface area contributed by atoms with Crippen LogP contribution in [0.25, 0.3) is 0 Å². The highest BCUT2D eigenvalue weighted by Gasteiger charge is 2.37. The fourth-order valence-electron chi connectivity index (χ4n) is 10.1. The lowest BCUT2D eigenvalue weighted by Gasteiger charge is -2.29. The van der Waals surface area contributed by atoms with Gasteiger partial charge in [0.2, 0.25) is 0 Å².